The van der Waals surface area contributed by atoms with E-state index in [1.54, 1.807) is 0 Å². The van der Waals surface area contributed by atoms with Crippen molar-refractivity contribution >= 4 is 0 Å². The molecule has 0 amide bonds. The predicted molar refractivity (Wildman–Crippen MR) is 40.4 cm³/mol. The Kier molecular flexibility index (Phi) is 2.29. The number of likely N-dealkylation sites (tertiary alicyclic amines) is 1. The van der Waals surface area contributed by atoms with Crippen molar-refractivity contribution in [3.8, 4) is 0 Å². The molecule has 0 bridgehead atoms. The molecule has 0 atom stereocenters. The highest BCUT2D eigenvalue weighted by Crippen LogP contribution is 2.13. The molecule has 0 aromatic carbocycles. The molecule has 1 aliphatic heterocycles. The summed E-state index contributed by atoms with van der Waals surface area (Å²) in [5.74, 6) is 0.940. The summed E-state index contributed by atoms with van der Waals surface area (Å²) >= 11 is 0. The summed E-state index contributed by atoms with van der Waals surface area (Å²) in [7, 11) is 0. The highest BCUT2D eigenvalue weighted by molar-refractivity contribution is 4.78. The third-order valence-electron chi connectivity index (χ3n) is 1.79. The zero-order valence-electron chi connectivity index (χ0n) is 6.14. The molecule has 1 fully saturated rings. The molecular weight excluding hydrogens is 110 g/mol. The Balaban J connectivity index is 1.97. The normalized spacial score (nSPS) is 21.4. The molecule has 0 N–H and O–H groups in total. The van der Waals surface area contributed by atoms with E-state index in [9.17, 15) is 0 Å². The van der Waals surface area contributed by atoms with Gasteiger partial charge in [0.05, 0.1) is 0 Å². The van der Waals surface area contributed by atoms with Crippen LogP contribution in [0.5, 0.6) is 0 Å². The zero-order chi connectivity index (χ0) is 6.69. The topological polar surface area (TPSA) is 3.24 Å². The van der Waals surface area contributed by atoms with Crippen LogP contribution in [-0.4, -0.2) is 24.5 Å². The van der Waals surface area contributed by atoms with Gasteiger partial charge in [0.25, 0.3) is 0 Å². The quantitative estimate of drug-likeness (QED) is 0.517. The Hall–Kier alpha value is -0.300. The van der Waals surface area contributed by atoms with Crippen LogP contribution < -0.4 is 0 Å². The van der Waals surface area contributed by atoms with Crippen molar-refractivity contribution in [2.45, 2.75) is 13.3 Å². The van der Waals surface area contributed by atoms with Crippen LogP contribution in [0.25, 0.3) is 0 Å². The molecule has 0 radical (unpaired) electrons. The van der Waals surface area contributed by atoms with E-state index in [1.165, 1.54) is 19.6 Å². The van der Waals surface area contributed by atoms with Gasteiger partial charge in [0.15, 0.2) is 0 Å². The molecule has 0 aliphatic carbocycles. The molecule has 1 heteroatoms. The summed E-state index contributed by atoms with van der Waals surface area (Å²) in [5.41, 5.74) is 0. The minimum Gasteiger partial charge on any atom is -0.302 e. The lowest BCUT2D eigenvalue weighted by Crippen LogP contribution is -2.45. The van der Waals surface area contributed by atoms with E-state index < -0.39 is 0 Å². The molecule has 1 heterocycles. The van der Waals surface area contributed by atoms with E-state index >= 15 is 0 Å². The molecule has 1 saturated heterocycles. The van der Waals surface area contributed by atoms with Crippen LogP contribution in [0.3, 0.4) is 0 Å². The van der Waals surface area contributed by atoms with Gasteiger partial charge < -0.3 is 4.90 Å². The molecule has 0 saturated carbocycles. The summed E-state index contributed by atoms with van der Waals surface area (Å²) < 4.78 is 0. The number of rotatable bonds is 3. The summed E-state index contributed by atoms with van der Waals surface area (Å²) in [6.07, 6.45) is 3.13. The Morgan fingerprint density at radius 2 is 2.33 bits per heavy atom. The molecule has 0 unspecified atom stereocenters. The van der Waals surface area contributed by atoms with E-state index in [0.717, 1.165) is 12.3 Å². The average Bonchev–Trinajstić information content (AvgIpc) is 1.78. The Bertz CT molecular complexity index is 92.7. The molecule has 0 spiro atoms. The lowest BCUT2D eigenvalue weighted by Gasteiger charge is -2.36. The standard InChI is InChI=1S/C8H15N/c1-3-4-5-9-6-8(2)7-9/h3,8H,1,4-7H2,2H3. The third-order valence-corrected chi connectivity index (χ3v) is 1.79. The van der Waals surface area contributed by atoms with Gasteiger partial charge in [-0.05, 0) is 12.3 Å². The first-order valence-electron chi connectivity index (χ1n) is 3.66. The maximum atomic E-state index is 3.68. The second kappa shape index (κ2) is 3.02. The van der Waals surface area contributed by atoms with E-state index in [1.807, 2.05) is 6.08 Å². The van der Waals surface area contributed by atoms with Gasteiger partial charge in [-0.25, -0.2) is 0 Å². The third kappa shape index (κ3) is 1.83. The summed E-state index contributed by atoms with van der Waals surface area (Å²) in [6.45, 7) is 9.79. The van der Waals surface area contributed by atoms with Gasteiger partial charge in [-0.1, -0.05) is 13.0 Å². The highest BCUT2D eigenvalue weighted by atomic mass is 15.2. The van der Waals surface area contributed by atoms with Crippen LogP contribution in [0, 0.1) is 5.92 Å². The first kappa shape index (κ1) is 6.81. The highest BCUT2D eigenvalue weighted by Gasteiger charge is 2.20. The Labute approximate surface area is 57.4 Å². The molecule has 1 rings (SSSR count). The fourth-order valence-corrected chi connectivity index (χ4v) is 1.28. The van der Waals surface area contributed by atoms with Crippen molar-refractivity contribution in [2.24, 2.45) is 5.92 Å². The number of nitrogens with zero attached hydrogens (tertiary/aromatic N) is 1. The summed E-state index contributed by atoms with van der Waals surface area (Å²) in [5, 5.41) is 0. The molecule has 9 heavy (non-hydrogen) atoms. The fourth-order valence-electron chi connectivity index (χ4n) is 1.28. The van der Waals surface area contributed by atoms with Crippen molar-refractivity contribution < 1.29 is 0 Å². The molecular formula is C8H15N. The van der Waals surface area contributed by atoms with Crippen molar-refractivity contribution in [3.05, 3.63) is 12.7 Å². The molecule has 1 nitrogen and oxygen atoms in total. The second-order valence-corrected chi connectivity index (χ2v) is 2.94. The maximum absolute atomic E-state index is 3.68. The average molecular weight is 125 g/mol. The van der Waals surface area contributed by atoms with E-state index in [0.29, 0.717) is 0 Å². The smallest absolute Gasteiger partial charge is 0.00195 e. The van der Waals surface area contributed by atoms with Gasteiger partial charge in [-0.2, -0.15) is 0 Å². The van der Waals surface area contributed by atoms with Crippen LogP contribution in [0.15, 0.2) is 12.7 Å². The monoisotopic (exact) mass is 125 g/mol. The fraction of sp³-hybridized carbons (Fsp3) is 0.750. The van der Waals surface area contributed by atoms with E-state index in [4.69, 9.17) is 0 Å². The molecule has 0 aromatic rings. The Morgan fingerprint density at radius 1 is 1.67 bits per heavy atom. The lowest BCUT2D eigenvalue weighted by molar-refractivity contribution is 0.116. The van der Waals surface area contributed by atoms with E-state index in [2.05, 4.69) is 18.4 Å². The Morgan fingerprint density at radius 3 is 2.78 bits per heavy atom. The van der Waals surface area contributed by atoms with Crippen molar-refractivity contribution in [1.82, 2.24) is 4.90 Å². The SMILES string of the molecule is C=CCCN1CC(C)C1. The first-order chi connectivity index (χ1) is 4.33. The van der Waals surface area contributed by atoms with Gasteiger partial charge in [0.2, 0.25) is 0 Å². The molecule has 0 aromatic heterocycles. The first-order valence-corrected chi connectivity index (χ1v) is 3.66. The van der Waals surface area contributed by atoms with Crippen LogP contribution in [0.2, 0.25) is 0 Å². The van der Waals surface area contributed by atoms with Gasteiger partial charge in [0, 0.05) is 19.6 Å². The summed E-state index contributed by atoms with van der Waals surface area (Å²) in [4.78, 5) is 2.46. The number of hydrogen-bond acceptors (Lipinski definition) is 1. The zero-order valence-corrected chi connectivity index (χ0v) is 6.14. The van der Waals surface area contributed by atoms with Crippen molar-refractivity contribution in [3.63, 3.8) is 0 Å². The van der Waals surface area contributed by atoms with Gasteiger partial charge in [-0.3, -0.25) is 0 Å². The van der Waals surface area contributed by atoms with Gasteiger partial charge >= 0.3 is 0 Å². The van der Waals surface area contributed by atoms with Crippen LogP contribution in [0.4, 0.5) is 0 Å². The van der Waals surface area contributed by atoms with Crippen molar-refractivity contribution in [2.75, 3.05) is 19.6 Å². The van der Waals surface area contributed by atoms with Crippen LogP contribution >= 0.6 is 0 Å². The lowest BCUT2D eigenvalue weighted by atomic mass is 10.0. The minimum absolute atomic E-state index is 0.940. The summed E-state index contributed by atoms with van der Waals surface area (Å²) in [6, 6.07) is 0. The largest absolute Gasteiger partial charge is 0.302 e. The predicted octanol–water partition coefficient (Wildman–Crippen LogP) is 1.51. The minimum atomic E-state index is 0.940. The van der Waals surface area contributed by atoms with Crippen molar-refractivity contribution in [1.29, 1.82) is 0 Å². The van der Waals surface area contributed by atoms with E-state index in [-0.39, 0.29) is 0 Å². The van der Waals surface area contributed by atoms with Gasteiger partial charge in [-0.15, -0.1) is 6.58 Å². The van der Waals surface area contributed by atoms with Gasteiger partial charge in [0.1, 0.15) is 0 Å². The number of hydrogen-bond donors (Lipinski definition) is 0. The maximum Gasteiger partial charge on any atom is 0.00195 e. The van der Waals surface area contributed by atoms with Crippen LogP contribution in [0.1, 0.15) is 13.3 Å². The second-order valence-electron chi connectivity index (χ2n) is 2.94. The molecule has 1 aliphatic rings. The van der Waals surface area contributed by atoms with Crippen LogP contribution in [-0.2, 0) is 0 Å². The molecule has 52 valence electrons.